The minimum absolute atomic E-state index is 0. The molecule has 0 unspecified atom stereocenters. The third-order valence-corrected chi connectivity index (χ3v) is 5.11. The average Bonchev–Trinajstić information content (AvgIpc) is 2.49. The molecule has 6 heteroatoms. The number of benzene rings is 1. The Labute approximate surface area is 146 Å². The SMILES string of the molecule is COCC1(CNC(=O)c2cccc(Br)c2C)CCNCC1.Cl. The van der Waals surface area contributed by atoms with Crippen molar-refractivity contribution in [2.24, 2.45) is 5.41 Å². The van der Waals surface area contributed by atoms with Crippen molar-refractivity contribution in [2.75, 3.05) is 33.4 Å². The zero-order valence-corrected chi connectivity index (χ0v) is 15.5. The third kappa shape index (κ3) is 4.69. The smallest absolute Gasteiger partial charge is 0.251 e. The molecular weight excluding hydrogens is 368 g/mol. The summed E-state index contributed by atoms with van der Waals surface area (Å²) < 4.78 is 6.34. The van der Waals surface area contributed by atoms with E-state index in [2.05, 4.69) is 26.6 Å². The number of rotatable bonds is 5. The van der Waals surface area contributed by atoms with Crippen LogP contribution in [0, 0.1) is 12.3 Å². The van der Waals surface area contributed by atoms with E-state index < -0.39 is 0 Å². The molecule has 2 N–H and O–H groups in total. The number of carbonyl (C=O) groups is 1. The second kappa shape index (κ2) is 8.87. The van der Waals surface area contributed by atoms with Gasteiger partial charge in [0.2, 0.25) is 0 Å². The first-order valence-electron chi connectivity index (χ1n) is 7.31. The first-order valence-corrected chi connectivity index (χ1v) is 8.10. The number of carbonyl (C=O) groups excluding carboxylic acids is 1. The highest BCUT2D eigenvalue weighted by Crippen LogP contribution is 2.28. The molecule has 1 heterocycles. The van der Waals surface area contributed by atoms with E-state index in [0.717, 1.165) is 41.5 Å². The van der Waals surface area contributed by atoms with Crippen LogP contribution in [-0.4, -0.2) is 39.3 Å². The van der Waals surface area contributed by atoms with Crippen molar-refractivity contribution < 1.29 is 9.53 Å². The minimum Gasteiger partial charge on any atom is -0.384 e. The molecule has 1 aliphatic rings. The number of hydrogen-bond donors (Lipinski definition) is 2. The van der Waals surface area contributed by atoms with Crippen LogP contribution >= 0.6 is 28.3 Å². The molecule has 22 heavy (non-hydrogen) atoms. The predicted octanol–water partition coefficient (Wildman–Crippen LogP) is 2.93. The van der Waals surface area contributed by atoms with E-state index in [1.165, 1.54) is 0 Å². The minimum atomic E-state index is -0.0113. The fourth-order valence-corrected chi connectivity index (χ4v) is 3.22. The Morgan fingerprint density at radius 1 is 1.41 bits per heavy atom. The number of hydrogen-bond acceptors (Lipinski definition) is 3. The van der Waals surface area contributed by atoms with Gasteiger partial charge in [0.05, 0.1) is 6.61 Å². The maximum absolute atomic E-state index is 12.4. The van der Waals surface area contributed by atoms with E-state index in [1.807, 2.05) is 25.1 Å². The van der Waals surface area contributed by atoms with E-state index in [-0.39, 0.29) is 23.7 Å². The maximum atomic E-state index is 12.4. The van der Waals surface area contributed by atoms with Gasteiger partial charge >= 0.3 is 0 Å². The number of nitrogens with one attached hydrogen (secondary N) is 2. The summed E-state index contributed by atoms with van der Waals surface area (Å²) in [5.41, 5.74) is 1.75. The fraction of sp³-hybridized carbons (Fsp3) is 0.562. The van der Waals surface area contributed by atoms with Crippen LogP contribution in [-0.2, 0) is 4.74 Å². The van der Waals surface area contributed by atoms with Gasteiger partial charge < -0.3 is 15.4 Å². The van der Waals surface area contributed by atoms with Gasteiger partial charge in [-0.3, -0.25) is 4.79 Å². The Bertz CT molecular complexity index is 499. The lowest BCUT2D eigenvalue weighted by atomic mass is 9.79. The van der Waals surface area contributed by atoms with E-state index in [0.29, 0.717) is 13.2 Å². The molecule has 0 aromatic heterocycles. The van der Waals surface area contributed by atoms with Crippen molar-refractivity contribution in [2.45, 2.75) is 19.8 Å². The van der Waals surface area contributed by atoms with Crippen molar-refractivity contribution in [3.05, 3.63) is 33.8 Å². The number of ether oxygens (including phenoxy) is 1. The highest BCUT2D eigenvalue weighted by atomic mass is 79.9. The average molecular weight is 392 g/mol. The van der Waals surface area contributed by atoms with Gasteiger partial charge in [0.25, 0.3) is 5.91 Å². The number of methoxy groups -OCH3 is 1. The Morgan fingerprint density at radius 3 is 2.73 bits per heavy atom. The van der Waals surface area contributed by atoms with Gasteiger partial charge in [-0.1, -0.05) is 22.0 Å². The van der Waals surface area contributed by atoms with Crippen LogP contribution in [0.3, 0.4) is 0 Å². The molecule has 0 atom stereocenters. The summed E-state index contributed by atoms with van der Waals surface area (Å²) in [6, 6.07) is 5.70. The van der Waals surface area contributed by atoms with E-state index in [4.69, 9.17) is 4.74 Å². The van der Waals surface area contributed by atoms with Crippen molar-refractivity contribution in [1.29, 1.82) is 0 Å². The number of halogens is 2. The van der Waals surface area contributed by atoms with Crippen LogP contribution < -0.4 is 10.6 Å². The lowest BCUT2D eigenvalue weighted by Gasteiger charge is -2.37. The standard InChI is InChI=1S/C16H23BrN2O2.ClH/c1-12-13(4-3-5-14(12)17)15(20)19-10-16(11-21-2)6-8-18-9-7-16;/h3-5,18H,6-11H2,1-2H3,(H,19,20);1H. The second-order valence-corrected chi connectivity index (χ2v) is 6.63. The summed E-state index contributed by atoms with van der Waals surface area (Å²) in [6.45, 7) is 5.26. The molecule has 1 fully saturated rings. The van der Waals surface area contributed by atoms with Crippen LogP contribution in [0.4, 0.5) is 0 Å². The van der Waals surface area contributed by atoms with Crippen molar-refractivity contribution in [3.63, 3.8) is 0 Å². The number of amides is 1. The largest absolute Gasteiger partial charge is 0.384 e. The van der Waals surface area contributed by atoms with Gasteiger partial charge in [0.1, 0.15) is 0 Å². The summed E-state index contributed by atoms with van der Waals surface area (Å²) in [7, 11) is 1.73. The molecule has 1 aliphatic heterocycles. The normalized spacial score (nSPS) is 16.7. The topological polar surface area (TPSA) is 50.4 Å². The molecule has 2 rings (SSSR count). The Kier molecular flexibility index (Phi) is 7.83. The van der Waals surface area contributed by atoms with Gasteiger partial charge in [0, 0.05) is 29.1 Å². The molecule has 1 aromatic carbocycles. The van der Waals surface area contributed by atoms with Crippen molar-refractivity contribution in [1.82, 2.24) is 10.6 Å². The predicted molar refractivity (Wildman–Crippen MR) is 94.9 cm³/mol. The van der Waals surface area contributed by atoms with Crippen LogP contribution in [0.2, 0.25) is 0 Å². The molecule has 1 aromatic rings. The second-order valence-electron chi connectivity index (χ2n) is 5.78. The molecule has 124 valence electrons. The van der Waals surface area contributed by atoms with Crippen LogP contribution in [0.1, 0.15) is 28.8 Å². The lowest BCUT2D eigenvalue weighted by Crippen LogP contribution is -2.47. The Balaban J connectivity index is 0.00000242. The van der Waals surface area contributed by atoms with Crippen LogP contribution in [0.15, 0.2) is 22.7 Å². The molecule has 0 bridgehead atoms. The van der Waals surface area contributed by atoms with Gasteiger partial charge in [-0.15, -0.1) is 12.4 Å². The van der Waals surface area contributed by atoms with E-state index >= 15 is 0 Å². The lowest BCUT2D eigenvalue weighted by molar-refractivity contribution is 0.0511. The quantitative estimate of drug-likeness (QED) is 0.811. The molecular formula is C16H24BrClN2O2. The van der Waals surface area contributed by atoms with Gasteiger partial charge in [0.15, 0.2) is 0 Å². The Hall–Kier alpha value is -0.620. The molecule has 0 radical (unpaired) electrons. The molecule has 1 amide bonds. The van der Waals surface area contributed by atoms with Crippen molar-refractivity contribution >= 4 is 34.2 Å². The van der Waals surface area contributed by atoms with E-state index in [1.54, 1.807) is 7.11 Å². The Morgan fingerprint density at radius 2 is 2.09 bits per heavy atom. The fourth-order valence-electron chi connectivity index (χ4n) is 2.85. The maximum Gasteiger partial charge on any atom is 0.251 e. The number of piperidine rings is 1. The summed E-state index contributed by atoms with van der Waals surface area (Å²) >= 11 is 3.47. The highest BCUT2D eigenvalue weighted by Gasteiger charge is 2.32. The molecule has 4 nitrogen and oxygen atoms in total. The summed E-state index contributed by atoms with van der Waals surface area (Å²) in [6.07, 6.45) is 2.05. The monoisotopic (exact) mass is 390 g/mol. The molecule has 0 saturated carbocycles. The van der Waals surface area contributed by atoms with Gasteiger partial charge in [-0.25, -0.2) is 0 Å². The van der Waals surface area contributed by atoms with Crippen LogP contribution in [0.25, 0.3) is 0 Å². The zero-order valence-electron chi connectivity index (χ0n) is 13.1. The first kappa shape index (κ1) is 19.4. The van der Waals surface area contributed by atoms with Gasteiger partial charge in [-0.05, 0) is 50.6 Å². The highest BCUT2D eigenvalue weighted by molar-refractivity contribution is 9.10. The summed E-state index contributed by atoms with van der Waals surface area (Å²) in [5, 5.41) is 6.45. The van der Waals surface area contributed by atoms with Gasteiger partial charge in [-0.2, -0.15) is 0 Å². The van der Waals surface area contributed by atoms with Crippen LogP contribution in [0.5, 0.6) is 0 Å². The first-order chi connectivity index (χ1) is 10.1. The summed E-state index contributed by atoms with van der Waals surface area (Å²) in [5.74, 6) is -0.0113. The third-order valence-electron chi connectivity index (χ3n) is 4.25. The van der Waals surface area contributed by atoms with E-state index in [9.17, 15) is 4.79 Å². The molecule has 0 spiro atoms. The molecule has 0 aliphatic carbocycles. The molecule has 1 saturated heterocycles. The zero-order chi connectivity index (χ0) is 15.3. The summed E-state index contributed by atoms with van der Waals surface area (Å²) in [4.78, 5) is 12.4. The van der Waals surface area contributed by atoms with Crippen molar-refractivity contribution in [3.8, 4) is 0 Å².